The summed E-state index contributed by atoms with van der Waals surface area (Å²) >= 11 is 0. The normalized spacial score (nSPS) is 15.0. The Morgan fingerprint density at radius 3 is 1.92 bits per heavy atom. The molecule has 0 heterocycles. The van der Waals surface area contributed by atoms with Gasteiger partial charge in [-0.2, -0.15) is 0 Å². The molecule has 1 atom stereocenters. The van der Waals surface area contributed by atoms with Crippen molar-refractivity contribution >= 4 is 19.0 Å². The predicted octanol–water partition coefficient (Wildman–Crippen LogP) is -1.10. The summed E-state index contributed by atoms with van der Waals surface area (Å²) in [5.41, 5.74) is 5.98. The highest BCUT2D eigenvalue weighted by molar-refractivity contribution is 6.60. The zero-order chi connectivity index (χ0) is 9.61. The molecule has 0 bridgehead atoms. The highest BCUT2D eigenvalue weighted by atomic mass is 28.4. The van der Waals surface area contributed by atoms with Crippen molar-refractivity contribution in [2.45, 2.75) is 18.1 Å². The SMILES string of the molecule is CO[Si](CCC(N)[SiH3])(OC)OC. The molecule has 0 saturated carbocycles. The number of nitrogens with two attached hydrogens (primary N) is 1. The Morgan fingerprint density at radius 1 is 1.25 bits per heavy atom. The van der Waals surface area contributed by atoms with Gasteiger partial charge in [-0.25, -0.2) is 0 Å². The third-order valence-electron chi connectivity index (χ3n) is 1.84. The summed E-state index contributed by atoms with van der Waals surface area (Å²) in [4.78, 5) is 0. The summed E-state index contributed by atoms with van der Waals surface area (Å²) in [6, 6.07) is 0.807. The van der Waals surface area contributed by atoms with Crippen molar-refractivity contribution in [3.63, 3.8) is 0 Å². The maximum atomic E-state index is 5.68. The maximum Gasteiger partial charge on any atom is 0.500 e. The van der Waals surface area contributed by atoms with Gasteiger partial charge in [0, 0.05) is 37.6 Å². The Balaban J connectivity index is 3.93. The highest BCUT2D eigenvalue weighted by Gasteiger charge is 2.37. The highest BCUT2D eigenvalue weighted by Crippen LogP contribution is 2.14. The zero-order valence-electron chi connectivity index (χ0n) is 8.29. The van der Waals surface area contributed by atoms with Crippen LogP contribution in [0.2, 0.25) is 6.04 Å². The summed E-state index contributed by atoms with van der Waals surface area (Å²) < 4.78 is 15.7. The van der Waals surface area contributed by atoms with E-state index in [4.69, 9.17) is 19.0 Å². The number of hydrogen-bond acceptors (Lipinski definition) is 4. The van der Waals surface area contributed by atoms with Crippen molar-refractivity contribution < 1.29 is 13.3 Å². The lowest BCUT2D eigenvalue weighted by Crippen LogP contribution is -2.43. The fraction of sp³-hybridized carbons (Fsp3) is 1.00. The molecular weight excluding hydrogens is 190 g/mol. The van der Waals surface area contributed by atoms with Crippen LogP contribution in [0.15, 0.2) is 0 Å². The van der Waals surface area contributed by atoms with E-state index in [-0.39, 0.29) is 0 Å². The zero-order valence-corrected chi connectivity index (χ0v) is 11.3. The molecule has 4 nitrogen and oxygen atoms in total. The first-order chi connectivity index (χ1) is 5.60. The molecular formula is C6H19NO3Si2. The third-order valence-corrected chi connectivity index (χ3v) is 5.18. The summed E-state index contributed by atoms with van der Waals surface area (Å²) in [5.74, 6) is 0. The first kappa shape index (κ1) is 12.3. The van der Waals surface area contributed by atoms with Gasteiger partial charge in [-0.1, -0.05) is 0 Å². The van der Waals surface area contributed by atoms with E-state index in [9.17, 15) is 0 Å². The summed E-state index contributed by atoms with van der Waals surface area (Å²) in [7, 11) is 3.53. The smallest absolute Gasteiger partial charge is 0.377 e. The molecule has 12 heavy (non-hydrogen) atoms. The lowest BCUT2D eigenvalue weighted by atomic mass is 10.5. The van der Waals surface area contributed by atoms with E-state index in [2.05, 4.69) is 0 Å². The second-order valence-corrected chi connectivity index (χ2v) is 7.39. The van der Waals surface area contributed by atoms with Gasteiger partial charge in [-0.05, 0) is 12.1 Å². The van der Waals surface area contributed by atoms with E-state index >= 15 is 0 Å². The number of rotatable bonds is 6. The Morgan fingerprint density at radius 2 is 1.67 bits per heavy atom. The molecule has 1 unspecified atom stereocenters. The van der Waals surface area contributed by atoms with E-state index in [0.717, 1.165) is 22.7 Å². The molecule has 0 aliphatic carbocycles. The van der Waals surface area contributed by atoms with Gasteiger partial charge in [0.05, 0.1) is 0 Å². The van der Waals surface area contributed by atoms with E-state index in [1.807, 2.05) is 0 Å². The van der Waals surface area contributed by atoms with Gasteiger partial charge in [0.15, 0.2) is 0 Å². The van der Waals surface area contributed by atoms with Crippen LogP contribution < -0.4 is 5.73 Å². The fourth-order valence-electron chi connectivity index (χ4n) is 0.961. The van der Waals surface area contributed by atoms with E-state index in [1.54, 1.807) is 21.3 Å². The van der Waals surface area contributed by atoms with Crippen LogP contribution >= 0.6 is 0 Å². The molecule has 0 aliphatic heterocycles. The Kier molecular flexibility index (Phi) is 5.97. The second kappa shape index (κ2) is 5.84. The summed E-state index contributed by atoms with van der Waals surface area (Å²) in [6.07, 6.45) is 0.925. The first-order valence-electron chi connectivity index (χ1n) is 4.01. The van der Waals surface area contributed by atoms with Crippen molar-refractivity contribution in [3.8, 4) is 0 Å². The van der Waals surface area contributed by atoms with Crippen molar-refractivity contribution in [1.29, 1.82) is 0 Å². The van der Waals surface area contributed by atoms with Gasteiger partial charge >= 0.3 is 8.80 Å². The summed E-state index contributed by atoms with van der Waals surface area (Å²) in [6.45, 7) is 0. The Bertz CT molecular complexity index is 111. The van der Waals surface area contributed by atoms with Gasteiger partial charge in [0.1, 0.15) is 0 Å². The molecule has 0 saturated heterocycles. The van der Waals surface area contributed by atoms with Crippen LogP contribution in [0.4, 0.5) is 0 Å². The van der Waals surface area contributed by atoms with Crippen LogP contribution in [-0.4, -0.2) is 46.0 Å². The average Bonchev–Trinajstić information content (AvgIpc) is 2.08. The van der Waals surface area contributed by atoms with Gasteiger partial charge in [-0.15, -0.1) is 0 Å². The molecule has 0 aromatic heterocycles. The molecule has 0 radical (unpaired) electrons. The van der Waals surface area contributed by atoms with Gasteiger partial charge in [0.25, 0.3) is 0 Å². The van der Waals surface area contributed by atoms with Crippen molar-refractivity contribution in [2.24, 2.45) is 5.73 Å². The van der Waals surface area contributed by atoms with Crippen LogP contribution in [0.3, 0.4) is 0 Å². The predicted molar refractivity (Wildman–Crippen MR) is 54.1 cm³/mol. The van der Waals surface area contributed by atoms with Crippen LogP contribution in [0.1, 0.15) is 6.42 Å². The van der Waals surface area contributed by atoms with Crippen molar-refractivity contribution in [2.75, 3.05) is 21.3 Å². The molecule has 0 fully saturated rings. The van der Waals surface area contributed by atoms with Crippen molar-refractivity contribution in [1.82, 2.24) is 0 Å². The van der Waals surface area contributed by atoms with Crippen LogP contribution in [0, 0.1) is 0 Å². The third kappa shape index (κ3) is 3.79. The minimum Gasteiger partial charge on any atom is -0.377 e. The van der Waals surface area contributed by atoms with Crippen LogP contribution in [0.25, 0.3) is 0 Å². The van der Waals surface area contributed by atoms with E-state index in [1.165, 1.54) is 0 Å². The van der Waals surface area contributed by atoms with E-state index in [0.29, 0.717) is 5.67 Å². The first-order valence-corrected chi connectivity index (χ1v) is 7.10. The molecule has 0 spiro atoms. The minimum atomic E-state index is -2.34. The van der Waals surface area contributed by atoms with Gasteiger partial charge in [0.2, 0.25) is 0 Å². The van der Waals surface area contributed by atoms with Gasteiger partial charge < -0.3 is 19.0 Å². The molecule has 2 N–H and O–H groups in total. The Labute approximate surface area is 78.2 Å². The number of hydrogen-bond donors (Lipinski definition) is 1. The quantitative estimate of drug-likeness (QED) is 0.565. The minimum absolute atomic E-state index is 0.303. The molecule has 0 aromatic carbocycles. The molecule has 6 heteroatoms. The molecule has 0 rings (SSSR count). The topological polar surface area (TPSA) is 53.7 Å². The molecule has 0 aliphatic rings. The van der Waals surface area contributed by atoms with E-state index < -0.39 is 8.80 Å². The Hall–Kier alpha value is 0.274. The van der Waals surface area contributed by atoms with Crippen LogP contribution in [-0.2, 0) is 13.3 Å². The van der Waals surface area contributed by atoms with Crippen LogP contribution in [0.5, 0.6) is 0 Å². The monoisotopic (exact) mass is 209 g/mol. The van der Waals surface area contributed by atoms with Crippen molar-refractivity contribution in [3.05, 3.63) is 0 Å². The molecule has 74 valence electrons. The summed E-state index contributed by atoms with van der Waals surface area (Å²) in [5, 5.41) is 0. The molecule has 0 amide bonds. The standard InChI is InChI=1S/C6H19NO3Si2/c1-8-12(9-2,10-3)5-4-6(7)11/h6H,4-5,7H2,1-3,11H3. The average molecular weight is 209 g/mol. The molecule has 0 aromatic rings. The lowest BCUT2D eigenvalue weighted by molar-refractivity contribution is 0.123. The lowest BCUT2D eigenvalue weighted by Gasteiger charge is -2.24. The van der Waals surface area contributed by atoms with Gasteiger partial charge in [-0.3, -0.25) is 0 Å². The fourth-order valence-corrected chi connectivity index (χ4v) is 3.75. The second-order valence-electron chi connectivity index (χ2n) is 2.81. The largest absolute Gasteiger partial charge is 0.500 e. The maximum absolute atomic E-state index is 5.68.